The average molecular weight is 215 g/mol. The standard InChI is InChI=1S/C14H17NO/c1-15-12-8-4-2-6-10(12)14(16)11-7-3-5-9-13(11)15/h2,4,6,8,11,13H,3,5,7,9H2,1H3. The van der Waals surface area contributed by atoms with Gasteiger partial charge in [-0.15, -0.1) is 0 Å². The molecule has 1 heterocycles. The summed E-state index contributed by atoms with van der Waals surface area (Å²) in [6.07, 6.45) is 4.72. The van der Waals surface area contributed by atoms with Crippen molar-refractivity contribution in [3.05, 3.63) is 29.8 Å². The van der Waals surface area contributed by atoms with Crippen molar-refractivity contribution in [3.63, 3.8) is 0 Å². The van der Waals surface area contributed by atoms with Crippen molar-refractivity contribution in [1.29, 1.82) is 0 Å². The third-order valence-electron chi connectivity index (χ3n) is 4.11. The number of carbonyl (C=O) groups is 1. The highest BCUT2D eigenvalue weighted by Crippen LogP contribution is 2.39. The van der Waals surface area contributed by atoms with E-state index < -0.39 is 0 Å². The van der Waals surface area contributed by atoms with Crippen molar-refractivity contribution in [1.82, 2.24) is 0 Å². The third-order valence-corrected chi connectivity index (χ3v) is 4.11. The van der Waals surface area contributed by atoms with Gasteiger partial charge in [-0.25, -0.2) is 0 Å². The smallest absolute Gasteiger partial charge is 0.170 e. The van der Waals surface area contributed by atoms with Crippen LogP contribution in [-0.4, -0.2) is 18.9 Å². The van der Waals surface area contributed by atoms with Crippen LogP contribution in [0, 0.1) is 5.92 Å². The summed E-state index contributed by atoms with van der Waals surface area (Å²) >= 11 is 0. The Kier molecular flexibility index (Phi) is 2.23. The predicted octanol–water partition coefficient (Wildman–Crippen LogP) is 2.88. The van der Waals surface area contributed by atoms with Crippen LogP contribution in [0.5, 0.6) is 0 Å². The topological polar surface area (TPSA) is 20.3 Å². The maximum atomic E-state index is 12.4. The van der Waals surface area contributed by atoms with Crippen LogP contribution < -0.4 is 4.90 Å². The number of carbonyl (C=O) groups excluding carboxylic acids is 1. The van der Waals surface area contributed by atoms with E-state index >= 15 is 0 Å². The van der Waals surface area contributed by atoms with Crippen LogP contribution in [0.25, 0.3) is 0 Å². The molecule has 0 spiro atoms. The van der Waals surface area contributed by atoms with Gasteiger partial charge in [-0.2, -0.15) is 0 Å². The summed E-state index contributed by atoms with van der Waals surface area (Å²) in [5.41, 5.74) is 2.05. The zero-order chi connectivity index (χ0) is 11.1. The Morgan fingerprint density at radius 2 is 1.94 bits per heavy atom. The van der Waals surface area contributed by atoms with Gasteiger partial charge in [0.2, 0.25) is 0 Å². The number of rotatable bonds is 0. The molecule has 2 unspecified atom stereocenters. The molecule has 0 saturated heterocycles. The van der Waals surface area contributed by atoms with E-state index in [0.717, 1.165) is 17.7 Å². The van der Waals surface area contributed by atoms with Crippen molar-refractivity contribution in [2.75, 3.05) is 11.9 Å². The minimum atomic E-state index is 0.244. The molecular weight excluding hydrogens is 198 g/mol. The minimum Gasteiger partial charge on any atom is -0.370 e. The number of Topliss-reactive ketones (excluding diaryl/α,β-unsaturated/α-hetero) is 1. The lowest BCUT2D eigenvalue weighted by Gasteiger charge is -2.43. The van der Waals surface area contributed by atoms with Gasteiger partial charge in [0.15, 0.2) is 5.78 Å². The molecule has 0 amide bonds. The van der Waals surface area contributed by atoms with Gasteiger partial charge in [0, 0.05) is 30.3 Å². The molecule has 1 aromatic rings. The number of anilines is 1. The quantitative estimate of drug-likeness (QED) is 0.663. The molecule has 0 aromatic heterocycles. The van der Waals surface area contributed by atoms with Crippen molar-refractivity contribution in [2.45, 2.75) is 31.7 Å². The Labute approximate surface area is 96.3 Å². The van der Waals surface area contributed by atoms with Crippen LogP contribution in [-0.2, 0) is 0 Å². The minimum absolute atomic E-state index is 0.244. The molecule has 0 N–H and O–H groups in total. The zero-order valence-electron chi connectivity index (χ0n) is 9.65. The van der Waals surface area contributed by atoms with Crippen LogP contribution in [0.4, 0.5) is 5.69 Å². The van der Waals surface area contributed by atoms with Crippen LogP contribution in [0.2, 0.25) is 0 Å². The summed E-state index contributed by atoms with van der Waals surface area (Å²) in [6, 6.07) is 8.47. The number of fused-ring (bicyclic) bond motifs is 2. The van der Waals surface area contributed by atoms with E-state index in [-0.39, 0.29) is 5.92 Å². The van der Waals surface area contributed by atoms with Crippen LogP contribution in [0.1, 0.15) is 36.0 Å². The first-order valence-corrected chi connectivity index (χ1v) is 6.15. The number of para-hydroxylation sites is 1. The molecule has 1 aromatic carbocycles. The van der Waals surface area contributed by atoms with Crippen molar-refractivity contribution in [3.8, 4) is 0 Å². The summed E-state index contributed by atoms with van der Waals surface area (Å²) in [5, 5.41) is 0. The summed E-state index contributed by atoms with van der Waals surface area (Å²) < 4.78 is 0. The van der Waals surface area contributed by atoms with Gasteiger partial charge in [0.05, 0.1) is 0 Å². The molecule has 84 valence electrons. The Morgan fingerprint density at radius 1 is 1.19 bits per heavy atom. The second-order valence-electron chi connectivity index (χ2n) is 4.95. The lowest BCUT2D eigenvalue weighted by molar-refractivity contribution is 0.0856. The van der Waals surface area contributed by atoms with E-state index in [0.29, 0.717) is 11.8 Å². The largest absolute Gasteiger partial charge is 0.370 e. The number of ketones is 1. The molecule has 1 fully saturated rings. The summed E-state index contributed by atoms with van der Waals surface area (Å²) in [7, 11) is 2.13. The molecule has 2 nitrogen and oxygen atoms in total. The van der Waals surface area contributed by atoms with Gasteiger partial charge >= 0.3 is 0 Å². The normalized spacial score (nSPS) is 28.6. The lowest BCUT2D eigenvalue weighted by atomic mass is 9.76. The number of hydrogen-bond donors (Lipinski definition) is 0. The van der Waals surface area contributed by atoms with Crippen LogP contribution >= 0.6 is 0 Å². The fourth-order valence-corrected chi connectivity index (χ4v) is 3.25. The predicted molar refractivity (Wildman–Crippen MR) is 64.9 cm³/mol. The molecule has 3 rings (SSSR count). The van der Waals surface area contributed by atoms with E-state index in [1.165, 1.54) is 19.3 Å². The van der Waals surface area contributed by atoms with Gasteiger partial charge in [-0.05, 0) is 25.0 Å². The molecule has 1 aliphatic carbocycles. The van der Waals surface area contributed by atoms with Crippen molar-refractivity contribution < 1.29 is 4.79 Å². The van der Waals surface area contributed by atoms with E-state index in [4.69, 9.17) is 0 Å². The second kappa shape index (κ2) is 3.62. The molecule has 2 atom stereocenters. The fourth-order valence-electron chi connectivity index (χ4n) is 3.25. The number of benzene rings is 1. The maximum absolute atomic E-state index is 12.4. The maximum Gasteiger partial charge on any atom is 0.170 e. The van der Waals surface area contributed by atoms with E-state index in [1.807, 2.05) is 18.2 Å². The van der Waals surface area contributed by atoms with Gasteiger partial charge in [0.1, 0.15) is 0 Å². The first-order valence-electron chi connectivity index (χ1n) is 6.15. The molecular formula is C14H17NO. The van der Waals surface area contributed by atoms with Crippen LogP contribution in [0.3, 0.4) is 0 Å². The Hall–Kier alpha value is -1.31. The molecule has 0 radical (unpaired) electrons. The molecule has 0 bridgehead atoms. The van der Waals surface area contributed by atoms with Gasteiger partial charge in [-0.1, -0.05) is 25.0 Å². The average Bonchev–Trinajstić information content (AvgIpc) is 2.36. The molecule has 2 aliphatic rings. The van der Waals surface area contributed by atoms with E-state index in [1.54, 1.807) is 0 Å². The number of nitrogens with zero attached hydrogens (tertiary/aromatic N) is 1. The lowest BCUT2D eigenvalue weighted by Crippen LogP contribution is -2.47. The highest BCUT2D eigenvalue weighted by atomic mass is 16.1. The van der Waals surface area contributed by atoms with Crippen molar-refractivity contribution in [2.24, 2.45) is 5.92 Å². The van der Waals surface area contributed by atoms with E-state index in [9.17, 15) is 4.79 Å². The van der Waals surface area contributed by atoms with E-state index in [2.05, 4.69) is 18.0 Å². The fraction of sp³-hybridized carbons (Fsp3) is 0.500. The monoisotopic (exact) mass is 215 g/mol. The highest BCUT2D eigenvalue weighted by molar-refractivity contribution is 6.05. The second-order valence-corrected chi connectivity index (χ2v) is 4.95. The third kappa shape index (κ3) is 1.29. The summed E-state index contributed by atoms with van der Waals surface area (Å²) in [5.74, 6) is 0.618. The van der Waals surface area contributed by atoms with Gasteiger partial charge in [-0.3, -0.25) is 4.79 Å². The summed E-state index contributed by atoms with van der Waals surface area (Å²) in [4.78, 5) is 14.7. The van der Waals surface area contributed by atoms with Gasteiger partial charge in [0.25, 0.3) is 0 Å². The Morgan fingerprint density at radius 3 is 2.81 bits per heavy atom. The molecule has 1 aliphatic heterocycles. The van der Waals surface area contributed by atoms with Crippen LogP contribution in [0.15, 0.2) is 24.3 Å². The summed E-state index contributed by atoms with van der Waals surface area (Å²) in [6.45, 7) is 0. The first kappa shape index (κ1) is 9.88. The van der Waals surface area contributed by atoms with Crippen molar-refractivity contribution >= 4 is 11.5 Å². The SMILES string of the molecule is CN1c2ccccc2C(=O)C2CCCCC21. The molecule has 2 heteroatoms. The molecule has 16 heavy (non-hydrogen) atoms. The van der Waals surface area contributed by atoms with Gasteiger partial charge < -0.3 is 4.90 Å². The number of hydrogen-bond acceptors (Lipinski definition) is 2. The Bertz CT molecular complexity index is 426. The Balaban J connectivity index is 2.09. The zero-order valence-corrected chi connectivity index (χ0v) is 9.65. The first-order chi connectivity index (χ1) is 7.79. The highest BCUT2D eigenvalue weighted by Gasteiger charge is 2.39. The molecule has 1 saturated carbocycles.